The van der Waals surface area contributed by atoms with Crippen LogP contribution in [0.5, 0.6) is 0 Å². The number of hydrogen-bond acceptors (Lipinski definition) is 1. The topological polar surface area (TPSA) is 13.1 Å². The first-order valence-electron chi connectivity index (χ1n) is 24.3. The molecule has 0 saturated carbocycles. The average molecular weight is 870 g/mol. The summed E-state index contributed by atoms with van der Waals surface area (Å²) in [6.45, 7) is 13.8. The van der Waals surface area contributed by atoms with Gasteiger partial charge in [-0.15, -0.1) is 0 Å². The summed E-state index contributed by atoms with van der Waals surface area (Å²) >= 11 is 0. The SMILES string of the molecule is CC(C)(C)c1ccc(N(c2ccc(C(C)(C)C)cc2)c2cc3c4c(c2)-n2c5cccc6c5c5c7c(cccc7cc(c52)B4c2cccc4c5c7ccccc7ccc5n-3c24)-c2ccccc2-6)cc1. The molecule has 4 heteroatoms. The molecule has 0 saturated heterocycles. The first-order chi connectivity index (χ1) is 33.0. The van der Waals surface area contributed by atoms with Crippen LogP contribution in [0, 0.1) is 0 Å². The molecule has 1 aliphatic carbocycles. The molecule has 0 amide bonds. The highest BCUT2D eigenvalue weighted by atomic mass is 15.2. The number of aromatic nitrogens is 2. The standard InChI is InChI=1S/C64H48BN3/c1-63(2,3)39-25-29-41(30-26-39)66(42-31-27-40(28-32-42)64(4,5)6)43-35-54-60-55(36-43)68-52-23-13-20-48-46-18-10-9-17-45(46)47-19-11-15-38-34-51(62(68)59(56(38)47)58(48)52)65(60)50-22-12-21-49-57-44-16-8-7-14-37(44)24-33-53(57)67(54)61(49)50/h7-36H,1-6H3. The van der Waals surface area contributed by atoms with E-state index in [-0.39, 0.29) is 17.5 Å². The van der Waals surface area contributed by atoms with Crippen molar-refractivity contribution in [1.29, 1.82) is 0 Å². The highest BCUT2D eigenvalue weighted by molar-refractivity contribution is 7.00. The normalized spacial score (nSPS) is 13.4. The fraction of sp³-hybridized carbons (Fsp3) is 0.125. The zero-order valence-electron chi connectivity index (χ0n) is 39.2. The van der Waals surface area contributed by atoms with Crippen molar-refractivity contribution in [2.75, 3.05) is 4.90 Å². The first kappa shape index (κ1) is 38.3. The largest absolute Gasteiger partial charge is 0.310 e. The molecule has 0 N–H and O–H groups in total. The van der Waals surface area contributed by atoms with Crippen LogP contribution in [0.25, 0.3) is 98.8 Å². The van der Waals surface area contributed by atoms with Crippen LogP contribution in [0.3, 0.4) is 0 Å². The summed E-state index contributed by atoms with van der Waals surface area (Å²) in [7, 11) is 0. The van der Waals surface area contributed by atoms with Crippen molar-refractivity contribution in [2.45, 2.75) is 52.4 Å². The fourth-order valence-corrected chi connectivity index (χ4v) is 12.8. The zero-order chi connectivity index (χ0) is 45.5. The molecule has 2 aromatic heterocycles. The molecule has 3 nitrogen and oxygen atoms in total. The molecule has 4 heterocycles. The molecule has 0 radical (unpaired) electrons. The summed E-state index contributed by atoms with van der Waals surface area (Å²) in [5.41, 5.74) is 23.0. The minimum Gasteiger partial charge on any atom is -0.310 e. The van der Waals surface area contributed by atoms with Gasteiger partial charge in [0.25, 0.3) is 6.71 Å². The number of fused-ring (bicyclic) bond motifs is 13. The third-order valence-corrected chi connectivity index (χ3v) is 15.9. The number of hydrogen-bond donors (Lipinski definition) is 0. The lowest BCUT2D eigenvalue weighted by molar-refractivity contribution is 0.590. The Labute approximate surface area is 396 Å². The molecule has 12 aromatic rings. The van der Waals surface area contributed by atoms with E-state index in [0.717, 1.165) is 17.1 Å². The maximum atomic E-state index is 2.67. The Morgan fingerprint density at radius 2 is 0.926 bits per heavy atom. The Morgan fingerprint density at radius 1 is 0.382 bits per heavy atom. The molecule has 0 atom stereocenters. The van der Waals surface area contributed by atoms with Crippen molar-refractivity contribution in [2.24, 2.45) is 0 Å². The predicted molar refractivity (Wildman–Crippen MR) is 291 cm³/mol. The van der Waals surface area contributed by atoms with E-state index in [1.165, 1.54) is 126 Å². The summed E-state index contributed by atoms with van der Waals surface area (Å²) in [6, 6.07) is 70.0. The molecular weight excluding hydrogens is 822 g/mol. The number of anilines is 3. The van der Waals surface area contributed by atoms with E-state index in [2.05, 4.69) is 238 Å². The van der Waals surface area contributed by atoms with Crippen LogP contribution in [0.15, 0.2) is 182 Å². The summed E-state index contributed by atoms with van der Waals surface area (Å²) < 4.78 is 5.30. The Kier molecular flexibility index (Phi) is 7.32. The molecule has 15 rings (SSSR count). The van der Waals surface area contributed by atoms with Gasteiger partial charge in [0.2, 0.25) is 0 Å². The van der Waals surface area contributed by atoms with Gasteiger partial charge in [-0.25, -0.2) is 0 Å². The van der Waals surface area contributed by atoms with Crippen LogP contribution in [0.2, 0.25) is 0 Å². The molecule has 10 aromatic carbocycles. The third kappa shape index (κ3) is 4.89. The number of rotatable bonds is 3. The first-order valence-corrected chi connectivity index (χ1v) is 24.3. The molecular formula is C64H48BN3. The van der Waals surface area contributed by atoms with Gasteiger partial charge >= 0.3 is 0 Å². The van der Waals surface area contributed by atoms with Gasteiger partial charge in [0.15, 0.2) is 0 Å². The minimum absolute atomic E-state index is 0.00496. The summed E-state index contributed by atoms with van der Waals surface area (Å²) in [5.74, 6) is 0. The molecule has 3 aliphatic rings. The van der Waals surface area contributed by atoms with E-state index in [0.29, 0.717) is 0 Å². The second-order valence-electron chi connectivity index (χ2n) is 21.7. The van der Waals surface area contributed by atoms with E-state index in [1.807, 2.05) is 0 Å². The van der Waals surface area contributed by atoms with Gasteiger partial charge in [-0.1, -0.05) is 175 Å². The predicted octanol–water partition coefficient (Wildman–Crippen LogP) is 15.0. The van der Waals surface area contributed by atoms with Gasteiger partial charge < -0.3 is 14.0 Å². The van der Waals surface area contributed by atoms with E-state index in [9.17, 15) is 0 Å². The van der Waals surface area contributed by atoms with E-state index >= 15 is 0 Å². The quantitative estimate of drug-likeness (QED) is 0.161. The van der Waals surface area contributed by atoms with E-state index < -0.39 is 0 Å². The Balaban J connectivity index is 1.13. The van der Waals surface area contributed by atoms with Crippen LogP contribution in [-0.2, 0) is 10.8 Å². The van der Waals surface area contributed by atoms with Crippen molar-refractivity contribution >= 4 is 105 Å². The molecule has 0 spiro atoms. The van der Waals surface area contributed by atoms with E-state index in [4.69, 9.17) is 0 Å². The van der Waals surface area contributed by atoms with Crippen LogP contribution in [0.1, 0.15) is 52.7 Å². The van der Waals surface area contributed by atoms with Crippen molar-refractivity contribution in [3.05, 3.63) is 193 Å². The fourth-order valence-electron chi connectivity index (χ4n) is 12.8. The van der Waals surface area contributed by atoms with Gasteiger partial charge in [0.1, 0.15) is 0 Å². The number of benzene rings is 10. The third-order valence-electron chi connectivity index (χ3n) is 15.9. The maximum Gasteiger partial charge on any atom is 0.252 e. The summed E-state index contributed by atoms with van der Waals surface area (Å²) in [5, 5.41) is 10.5. The Bertz CT molecular complexity index is 4150. The monoisotopic (exact) mass is 869 g/mol. The summed E-state index contributed by atoms with van der Waals surface area (Å²) in [4.78, 5) is 2.51. The average Bonchev–Trinajstić information content (AvgIpc) is 3.85. The molecule has 0 fully saturated rings. The molecule has 2 aliphatic heterocycles. The van der Waals surface area contributed by atoms with Crippen LogP contribution >= 0.6 is 0 Å². The van der Waals surface area contributed by atoms with Crippen molar-refractivity contribution in [3.8, 4) is 33.6 Å². The lowest BCUT2D eigenvalue weighted by atomic mass is 9.34. The Hall–Kier alpha value is -7.82. The highest BCUT2D eigenvalue weighted by Crippen LogP contribution is 2.51. The number of nitrogens with zero attached hydrogens (tertiary/aromatic N) is 3. The molecule has 68 heavy (non-hydrogen) atoms. The Morgan fingerprint density at radius 3 is 1.60 bits per heavy atom. The van der Waals surface area contributed by atoms with Gasteiger partial charge in [-0.2, -0.15) is 0 Å². The summed E-state index contributed by atoms with van der Waals surface area (Å²) in [6.07, 6.45) is 0. The zero-order valence-corrected chi connectivity index (χ0v) is 39.2. The van der Waals surface area contributed by atoms with Gasteiger partial charge in [0, 0.05) is 49.8 Å². The highest BCUT2D eigenvalue weighted by Gasteiger charge is 2.43. The van der Waals surface area contributed by atoms with Crippen molar-refractivity contribution < 1.29 is 0 Å². The second-order valence-corrected chi connectivity index (χ2v) is 21.7. The van der Waals surface area contributed by atoms with Crippen LogP contribution in [0.4, 0.5) is 17.1 Å². The molecule has 0 bridgehead atoms. The molecule has 0 unspecified atom stereocenters. The van der Waals surface area contributed by atoms with Gasteiger partial charge in [-0.05, 0) is 131 Å². The smallest absolute Gasteiger partial charge is 0.252 e. The van der Waals surface area contributed by atoms with E-state index in [1.54, 1.807) is 0 Å². The second kappa shape index (κ2) is 13.0. The van der Waals surface area contributed by atoms with Crippen molar-refractivity contribution in [3.63, 3.8) is 0 Å². The molecule has 322 valence electrons. The van der Waals surface area contributed by atoms with Gasteiger partial charge in [0.05, 0.1) is 22.2 Å². The van der Waals surface area contributed by atoms with Crippen molar-refractivity contribution in [1.82, 2.24) is 9.13 Å². The van der Waals surface area contributed by atoms with Crippen LogP contribution < -0.4 is 21.3 Å². The van der Waals surface area contributed by atoms with Crippen LogP contribution in [-0.4, -0.2) is 15.8 Å². The maximum absolute atomic E-state index is 2.67. The van der Waals surface area contributed by atoms with Gasteiger partial charge in [-0.3, -0.25) is 0 Å². The number of para-hydroxylation sites is 1. The lowest BCUT2D eigenvalue weighted by Crippen LogP contribution is -2.59. The lowest BCUT2D eigenvalue weighted by Gasteiger charge is -2.36. The minimum atomic E-state index is 0.00496.